The number of hydrogen-bond acceptors (Lipinski definition) is 4. The standard InChI is InChI=1S/C19H30N2O2/c1-2-9-19(15-22)10-6-11-21(14-19)13-17-12-18(20-23-17)16-7-4-3-5-8-16/h2,12,16,22H,1,3-11,13-15H2/t19-/m1/s1. The summed E-state index contributed by atoms with van der Waals surface area (Å²) in [7, 11) is 0. The predicted molar refractivity (Wildman–Crippen MR) is 91.2 cm³/mol. The monoisotopic (exact) mass is 318 g/mol. The lowest BCUT2D eigenvalue weighted by Crippen LogP contribution is -2.44. The first-order valence-electron chi connectivity index (χ1n) is 9.14. The van der Waals surface area contributed by atoms with Crippen LogP contribution in [0.15, 0.2) is 23.2 Å². The molecule has 1 saturated heterocycles. The Kier molecular flexibility index (Phi) is 5.54. The highest BCUT2D eigenvalue weighted by molar-refractivity contribution is 5.11. The molecule has 1 aromatic rings. The molecule has 2 fully saturated rings. The van der Waals surface area contributed by atoms with Crippen LogP contribution >= 0.6 is 0 Å². The van der Waals surface area contributed by atoms with Crippen LogP contribution in [-0.2, 0) is 6.54 Å². The van der Waals surface area contributed by atoms with E-state index in [1.807, 2.05) is 6.08 Å². The van der Waals surface area contributed by atoms with Crippen molar-refractivity contribution in [3.8, 4) is 0 Å². The Balaban J connectivity index is 1.60. The highest BCUT2D eigenvalue weighted by atomic mass is 16.5. The van der Waals surface area contributed by atoms with Crippen LogP contribution in [0.4, 0.5) is 0 Å². The number of piperidine rings is 1. The third kappa shape index (κ3) is 4.04. The molecule has 1 saturated carbocycles. The molecule has 1 aliphatic heterocycles. The van der Waals surface area contributed by atoms with Crippen LogP contribution in [0.3, 0.4) is 0 Å². The van der Waals surface area contributed by atoms with E-state index in [0.29, 0.717) is 5.92 Å². The lowest BCUT2D eigenvalue weighted by Gasteiger charge is -2.41. The summed E-state index contributed by atoms with van der Waals surface area (Å²) in [5, 5.41) is 14.2. The molecule has 1 aliphatic carbocycles. The summed E-state index contributed by atoms with van der Waals surface area (Å²) in [5.74, 6) is 1.57. The Hall–Kier alpha value is -1.13. The Morgan fingerprint density at radius 3 is 2.91 bits per heavy atom. The molecule has 0 radical (unpaired) electrons. The van der Waals surface area contributed by atoms with Gasteiger partial charge in [0.1, 0.15) is 0 Å². The third-order valence-electron chi connectivity index (χ3n) is 5.63. The van der Waals surface area contributed by atoms with Crippen molar-refractivity contribution in [2.45, 2.75) is 63.8 Å². The molecule has 1 N–H and O–H groups in total. The molecule has 4 nitrogen and oxygen atoms in total. The van der Waals surface area contributed by atoms with Gasteiger partial charge in [-0.3, -0.25) is 4.90 Å². The third-order valence-corrected chi connectivity index (χ3v) is 5.63. The van der Waals surface area contributed by atoms with Gasteiger partial charge < -0.3 is 9.63 Å². The number of aromatic nitrogens is 1. The van der Waals surface area contributed by atoms with Gasteiger partial charge in [-0.2, -0.15) is 0 Å². The first-order chi connectivity index (χ1) is 11.2. The van der Waals surface area contributed by atoms with Gasteiger partial charge in [-0.05, 0) is 38.6 Å². The highest BCUT2D eigenvalue weighted by Crippen LogP contribution is 2.35. The molecule has 4 heteroatoms. The van der Waals surface area contributed by atoms with E-state index in [9.17, 15) is 5.11 Å². The first kappa shape index (κ1) is 16.7. The van der Waals surface area contributed by atoms with E-state index >= 15 is 0 Å². The molecule has 3 rings (SSSR count). The Labute approximate surface area is 139 Å². The molecule has 0 bridgehead atoms. The second kappa shape index (κ2) is 7.63. The minimum atomic E-state index is -0.0216. The van der Waals surface area contributed by atoms with Gasteiger partial charge in [-0.1, -0.05) is 30.5 Å². The smallest absolute Gasteiger partial charge is 0.150 e. The largest absolute Gasteiger partial charge is 0.396 e. The van der Waals surface area contributed by atoms with Crippen molar-refractivity contribution >= 4 is 0 Å². The van der Waals surface area contributed by atoms with Crippen molar-refractivity contribution in [3.05, 3.63) is 30.2 Å². The number of hydrogen-bond donors (Lipinski definition) is 1. The second-order valence-corrected chi connectivity index (χ2v) is 7.52. The lowest BCUT2D eigenvalue weighted by molar-refractivity contribution is 0.0274. The van der Waals surface area contributed by atoms with E-state index in [4.69, 9.17) is 4.52 Å². The van der Waals surface area contributed by atoms with Gasteiger partial charge in [0.05, 0.1) is 18.8 Å². The van der Waals surface area contributed by atoms with Crippen LogP contribution in [0.25, 0.3) is 0 Å². The zero-order chi connectivity index (χ0) is 16.1. The molecule has 0 aromatic carbocycles. The van der Waals surface area contributed by atoms with Crippen LogP contribution in [0.2, 0.25) is 0 Å². The van der Waals surface area contributed by atoms with Crippen molar-refractivity contribution in [3.63, 3.8) is 0 Å². The van der Waals surface area contributed by atoms with Crippen molar-refractivity contribution in [2.75, 3.05) is 19.7 Å². The molecule has 0 spiro atoms. The van der Waals surface area contributed by atoms with E-state index in [0.717, 1.165) is 50.4 Å². The summed E-state index contributed by atoms with van der Waals surface area (Å²) < 4.78 is 5.61. The van der Waals surface area contributed by atoms with Crippen LogP contribution in [-0.4, -0.2) is 34.9 Å². The molecule has 2 aliphatic rings. The van der Waals surface area contributed by atoms with Crippen LogP contribution in [0, 0.1) is 5.41 Å². The summed E-state index contributed by atoms with van der Waals surface area (Å²) in [4.78, 5) is 2.40. The minimum absolute atomic E-state index is 0.0216. The SMILES string of the molecule is C=CC[C@@]1(CO)CCCN(Cc2cc(C3CCCCC3)no2)C1. The molecular weight excluding hydrogens is 288 g/mol. The summed E-state index contributed by atoms with van der Waals surface area (Å²) >= 11 is 0. The van der Waals surface area contributed by atoms with E-state index < -0.39 is 0 Å². The van der Waals surface area contributed by atoms with E-state index in [-0.39, 0.29) is 12.0 Å². The minimum Gasteiger partial charge on any atom is -0.396 e. The number of likely N-dealkylation sites (tertiary alicyclic amines) is 1. The van der Waals surface area contributed by atoms with Gasteiger partial charge in [0.15, 0.2) is 5.76 Å². The van der Waals surface area contributed by atoms with Gasteiger partial charge in [-0.25, -0.2) is 0 Å². The number of rotatable bonds is 6. The fraction of sp³-hybridized carbons (Fsp3) is 0.737. The predicted octanol–water partition coefficient (Wildman–Crippen LogP) is 3.87. The summed E-state index contributed by atoms with van der Waals surface area (Å²) in [5.41, 5.74) is 1.13. The Bertz CT molecular complexity index is 507. The highest BCUT2D eigenvalue weighted by Gasteiger charge is 2.34. The van der Waals surface area contributed by atoms with Gasteiger partial charge in [0.2, 0.25) is 0 Å². The zero-order valence-electron chi connectivity index (χ0n) is 14.2. The van der Waals surface area contributed by atoms with Crippen LogP contribution < -0.4 is 0 Å². The van der Waals surface area contributed by atoms with Gasteiger partial charge >= 0.3 is 0 Å². The Morgan fingerprint density at radius 1 is 1.35 bits per heavy atom. The topological polar surface area (TPSA) is 49.5 Å². The van der Waals surface area contributed by atoms with E-state index in [1.165, 1.54) is 32.1 Å². The average molecular weight is 318 g/mol. The number of aliphatic hydroxyl groups excluding tert-OH is 1. The fourth-order valence-corrected chi connectivity index (χ4v) is 4.33. The first-order valence-corrected chi connectivity index (χ1v) is 9.14. The second-order valence-electron chi connectivity index (χ2n) is 7.52. The molecule has 2 heterocycles. The Morgan fingerprint density at radius 2 is 2.17 bits per heavy atom. The molecular formula is C19H30N2O2. The quantitative estimate of drug-likeness (QED) is 0.809. The summed E-state index contributed by atoms with van der Waals surface area (Å²) in [6.07, 6.45) is 11.5. The number of nitrogens with zero attached hydrogens (tertiary/aromatic N) is 2. The molecule has 1 aromatic heterocycles. The lowest BCUT2D eigenvalue weighted by atomic mass is 9.78. The van der Waals surface area contributed by atoms with Gasteiger partial charge in [0, 0.05) is 23.9 Å². The number of allylic oxidation sites excluding steroid dienone is 1. The molecule has 23 heavy (non-hydrogen) atoms. The fourth-order valence-electron chi connectivity index (χ4n) is 4.33. The molecule has 0 amide bonds. The van der Waals surface area contributed by atoms with Gasteiger partial charge in [0.25, 0.3) is 0 Å². The summed E-state index contributed by atoms with van der Waals surface area (Å²) in [6, 6.07) is 2.17. The van der Waals surface area contributed by atoms with Crippen LogP contribution in [0.5, 0.6) is 0 Å². The van der Waals surface area contributed by atoms with Crippen molar-refractivity contribution in [1.82, 2.24) is 10.1 Å². The summed E-state index contributed by atoms with van der Waals surface area (Å²) in [6.45, 7) is 6.87. The molecule has 1 atom stereocenters. The maximum absolute atomic E-state index is 9.82. The molecule has 128 valence electrons. The van der Waals surface area contributed by atoms with E-state index in [1.54, 1.807) is 0 Å². The van der Waals surface area contributed by atoms with Gasteiger partial charge in [-0.15, -0.1) is 6.58 Å². The normalized spacial score (nSPS) is 27.2. The van der Waals surface area contributed by atoms with Crippen LogP contribution in [0.1, 0.15) is 68.7 Å². The van der Waals surface area contributed by atoms with Crippen molar-refractivity contribution in [2.24, 2.45) is 5.41 Å². The molecule has 0 unspecified atom stereocenters. The van der Waals surface area contributed by atoms with Crippen molar-refractivity contribution < 1.29 is 9.63 Å². The number of aliphatic hydroxyl groups is 1. The zero-order valence-corrected chi connectivity index (χ0v) is 14.2. The van der Waals surface area contributed by atoms with E-state index in [2.05, 4.69) is 22.7 Å². The maximum Gasteiger partial charge on any atom is 0.150 e. The van der Waals surface area contributed by atoms with Crippen molar-refractivity contribution in [1.29, 1.82) is 0 Å². The maximum atomic E-state index is 9.82. The average Bonchev–Trinajstić information content (AvgIpc) is 3.05.